The predicted molar refractivity (Wildman–Crippen MR) is 105 cm³/mol. The van der Waals surface area contributed by atoms with Crippen molar-refractivity contribution in [2.24, 2.45) is 0 Å². The first-order valence-corrected chi connectivity index (χ1v) is 9.24. The van der Waals surface area contributed by atoms with Crippen LogP contribution < -0.4 is 0 Å². The average Bonchev–Trinajstić information content (AvgIpc) is 3.14. The topological polar surface area (TPSA) is 48.1 Å². The highest BCUT2D eigenvalue weighted by atomic mass is 15.2. The molecule has 1 aromatic heterocycles. The molecule has 5 nitrogen and oxygen atoms in total. The molecule has 2 aromatic carbocycles. The zero-order valence-corrected chi connectivity index (χ0v) is 15.2. The first-order chi connectivity index (χ1) is 12.8. The molecule has 1 N–H and O–H groups in total. The molecule has 0 amide bonds. The van der Waals surface area contributed by atoms with Gasteiger partial charge in [-0.15, -0.1) is 0 Å². The van der Waals surface area contributed by atoms with E-state index in [1.807, 2.05) is 0 Å². The number of hydrogen-bond acceptors (Lipinski definition) is 4. The lowest BCUT2D eigenvalue weighted by atomic mass is 10.0. The lowest BCUT2D eigenvalue weighted by molar-refractivity contribution is 0.269. The monoisotopic (exact) mass is 347 g/mol. The Balaban J connectivity index is 1.42. The molecule has 1 aliphatic heterocycles. The van der Waals surface area contributed by atoms with Crippen molar-refractivity contribution in [1.29, 1.82) is 0 Å². The molecule has 0 saturated carbocycles. The third-order valence-electron chi connectivity index (χ3n) is 5.08. The van der Waals surface area contributed by atoms with E-state index >= 15 is 0 Å². The highest BCUT2D eigenvalue weighted by Crippen LogP contribution is 2.23. The van der Waals surface area contributed by atoms with Crippen LogP contribution in [-0.4, -0.2) is 58.2 Å². The van der Waals surface area contributed by atoms with E-state index in [2.05, 4.69) is 80.6 Å². The fourth-order valence-corrected chi connectivity index (χ4v) is 3.48. The highest BCUT2D eigenvalue weighted by molar-refractivity contribution is 5.67. The SMILES string of the molecule is CN1CCCN(Cc2ccc(-c3ccc(-c4ncn[nH]4)cc3)cc2)CC1. The van der Waals surface area contributed by atoms with Crippen LogP contribution in [0.25, 0.3) is 22.5 Å². The minimum Gasteiger partial charge on any atom is -0.305 e. The molecule has 26 heavy (non-hydrogen) atoms. The summed E-state index contributed by atoms with van der Waals surface area (Å²) < 4.78 is 0. The van der Waals surface area contributed by atoms with Crippen molar-refractivity contribution < 1.29 is 0 Å². The fourth-order valence-electron chi connectivity index (χ4n) is 3.48. The van der Waals surface area contributed by atoms with E-state index in [1.165, 1.54) is 42.5 Å². The smallest absolute Gasteiger partial charge is 0.155 e. The van der Waals surface area contributed by atoms with Gasteiger partial charge in [0.1, 0.15) is 6.33 Å². The Bertz CT molecular complexity index is 809. The molecule has 1 saturated heterocycles. The molecular weight excluding hydrogens is 322 g/mol. The van der Waals surface area contributed by atoms with E-state index in [0.717, 1.165) is 31.0 Å². The van der Waals surface area contributed by atoms with Gasteiger partial charge in [-0.25, -0.2) is 4.98 Å². The minimum atomic E-state index is 0.801. The summed E-state index contributed by atoms with van der Waals surface area (Å²) in [5, 5.41) is 6.80. The molecule has 0 spiro atoms. The van der Waals surface area contributed by atoms with Crippen LogP contribution in [-0.2, 0) is 6.54 Å². The zero-order chi connectivity index (χ0) is 17.8. The van der Waals surface area contributed by atoms with Crippen molar-refractivity contribution in [2.45, 2.75) is 13.0 Å². The molecule has 0 bridgehead atoms. The molecule has 4 rings (SSSR count). The van der Waals surface area contributed by atoms with Crippen LogP contribution in [0.5, 0.6) is 0 Å². The van der Waals surface area contributed by atoms with E-state index in [9.17, 15) is 0 Å². The number of aromatic amines is 1. The van der Waals surface area contributed by atoms with Crippen LogP contribution >= 0.6 is 0 Å². The van der Waals surface area contributed by atoms with Gasteiger partial charge in [-0.1, -0.05) is 48.5 Å². The Hall–Kier alpha value is -2.50. The summed E-state index contributed by atoms with van der Waals surface area (Å²) in [4.78, 5) is 9.18. The van der Waals surface area contributed by atoms with Crippen LogP contribution in [0.3, 0.4) is 0 Å². The quantitative estimate of drug-likeness (QED) is 0.787. The summed E-state index contributed by atoms with van der Waals surface area (Å²) >= 11 is 0. The van der Waals surface area contributed by atoms with E-state index in [1.54, 1.807) is 0 Å². The normalized spacial score (nSPS) is 16.5. The molecule has 1 fully saturated rings. The third-order valence-corrected chi connectivity index (χ3v) is 5.08. The largest absolute Gasteiger partial charge is 0.305 e. The highest BCUT2D eigenvalue weighted by Gasteiger charge is 2.12. The lowest BCUT2D eigenvalue weighted by Crippen LogP contribution is -2.28. The lowest BCUT2D eigenvalue weighted by Gasteiger charge is -2.20. The van der Waals surface area contributed by atoms with Crippen LogP contribution in [0, 0.1) is 0 Å². The first-order valence-electron chi connectivity index (χ1n) is 9.24. The van der Waals surface area contributed by atoms with E-state index in [0.29, 0.717) is 0 Å². The molecule has 2 heterocycles. The van der Waals surface area contributed by atoms with Crippen molar-refractivity contribution in [3.05, 3.63) is 60.4 Å². The Morgan fingerprint density at radius 2 is 1.54 bits per heavy atom. The van der Waals surface area contributed by atoms with Crippen molar-refractivity contribution >= 4 is 0 Å². The molecule has 0 atom stereocenters. The Morgan fingerprint density at radius 3 is 2.23 bits per heavy atom. The summed E-state index contributed by atoms with van der Waals surface area (Å²) in [7, 11) is 2.21. The van der Waals surface area contributed by atoms with Gasteiger partial charge in [-0.3, -0.25) is 10.00 Å². The number of benzene rings is 2. The maximum Gasteiger partial charge on any atom is 0.155 e. The maximum atomic E-state index is 4.19. The van der Waals surface area contributed by atoms with Crippen LogP contribution in [0.4, 0.5) is 0 Å². The van der Waals surface area contributed by atoms with Gasteiger partial charge in [0, 0.05) is 25.2 Å². The predicted octanol–water partition coefficient (Wildman–Crippen LogP) is 3.28. The summed E-state index contributed by atoms with van der Waals surface area (Å²) in [5.74, 6) is 0.801. The van der Waals surface area contributed by atoms with E-state index in [4.69, 9.17) is 0 Å². The molecule has 0 aliphatic carbocycles. The standard InChI is InChI=1S/C21H25N5/c1-25-11-2-12-26(14-13-25)15-17-3-5-18(6-4-17)19-7-9-20(10-8-19)21-22-16-23-24-21/h3-10,16H,2,11-15H2,1H3,(H,22,23,24). The number of rotatable bonds is 4. The van der Waals surface area contributed by atoms with Gasteiger partial charge in [0.15, 0.2) is 5.82 Å². The van der Waals surface area contributed by atoms with Gasteiger partial charge in [0.25, 0.3) is 0 Å². The van der Waals surface area contributed by atoms with Crippen molar-refractivity contribution in [2.75, 3.05) is 33.2 Å². The van der Waals surface area contributed by atoms with Crippen LogP contribution in [0.15, 0.2) is 54.9 Å². The van der Waals surface area contributed by atoms with Gasteiger partial charge in [0.05, 0.1) is 0 Å². The Labute approximate surface area is 154 Å². The molecule has 3 aromatic rings. The molecule has 0 radical (unpaired) electrons. The van der Waals surface area contributed by atoms with Crippen LogP contribution in [0.1, 0.15) is 12.0 Å². The maximum absolute atomic E-state index is 4.19. The minimum absolute atomic E-state index is 0.801. The molecular formula is C21H25N5. The number of H-pyrrole nitrogens is 1. The molecule has 5 heteroatoms. The van der Waals surface area contributed by atoms with Crippen molar-refractivity contribution in [3.8, 4) is 22.5 Å². The van der Waals surface area contributed by atoms with Gasteiger partial charge < -0.3 is 4.90 Å². The van der Waals surface area contributed by atoms with Crippen molar-refractivity contribution in [3.63, 3.8) is 0 Å². The van der Waals surface area contributed by atoms with E-state index < -0.39 is 0 Å². The van der Waals surface area contributed by atoms with Gasteiger partial charge in [-0.2, -0.15) is 5.10 Å². The number of aromatic nitrogens is 3. The number of nitrogens with one attached hydrogen (secondary N) is 1. The van der Waals surface area contributed by atoms with E-state index in [-0.39, 0.29) is 0 Å². The number of nitrogens with zero attached hydrogens (tertiary/aromatic N) is 4. The van der Waals surface area contributed by atoms with Gasteiger partial charge in [0.2, 0.25) is 0 Å². The number of hydrogen-bond donors (Lipinski definition) is 1. The summed E-state index contributed by atoms with van der Waals surface area (Å²) in [6.07, 6.45) is 2.79. The number of likely N-dealkylation sites (N-methyl/N-ethyl adjacent to an activating group) is 1. The summed E-state index contributed by atoms with van der Waals surface area (Å²) in [6, 6.07) is 17.4. The first kappa shape index (κ1) is 16.9. The second-order valence-corrected chi connectivity index (χ2v) is 7.04. The molecule has 0 unspecified atom stereocenters. The third kappa shape index (κ3) is 4.00. The summed E-state index contributed by atoms with van der Waals surface area (Å²) in [6.45, 7) is 5.75. The molecule has 134 valence electrons. The average molecular weight is 347 g/mol. The van der Waals surface area contributed by atoms with Gasteiger partial charge in [-0.05, 0) is 43.2 Å². The Morgan fingerprint density at radius 1 is 0.846 bits per heavy atom. The molecule has 1 aliphatic rings. The Kier molecular flexibility index (Phi) is 5.09. The fraction of sp³-hybridized carbons (Fsp3) is 0.333. The second-order valence-electron chi connectivity index (χ2n) is 7.04. The van der Waals surface area contributed by atoms with Gasteiger partial charge >= 0.3 is 0 Å². The van der Waals surface area contributed by atoms with Crippen LogP contribution in [0.2, 0.25) is 0 Å². The second kappa shape index (κ2) is 7.81. The van der Waals surface area contributed by atoms with Crippen molar-refractivity contribution in [1.82, 2.24) is 25.0 Å². The zero-order valence-electron chi connectivity index (χ0n) is 15.2. The summed E-state index contributed by atoms with van der Waals surface area (Å²) in [5.41, 5.74) is 4.90.